The summed E-state index contributed by atoms with van der Waals surface area (Å²) >= 11 is 0. The third kappa shape index (κ3) is 4.22. The Kier molecular flexibility index (Phi) is 8.18. The second-order valence-electron chi connectivity index (χ2n) is 17.4. The number of carbonyl (C=O) groups excluding carboxylic acids is 1. The molecule has 0 spiro atoms. The van der Waals surface area contributed by atoms with Crippen LogP contribution in [-0.2, 0) is 19.1 Å². The molecule has 0 radical (unpaired) electrons. The van der Waals surface area contributed by atoms with Gasteiger partial charge in [-0.3, -0.25) is 9.59 Å². The molecule has 46 heavy (non-hydrogen) atoms. The molecular weight excluding hydrogens is 592 g/mol. The minimum Gasteiger partial charge on any atom is -0.481 e. The molecule has 5 aliphatic carbocycles. The minimum atomic E-state index is -1.66. The van der Waals surface area contributed by atoms with Gasteiger partial charge in [0.15, 0.2) is 0 Å². The van der Waals surface area contributed by atoms with Gasteiger partial charge in [-0.1, -0.05) is 46.8 Å². The molecule has 6 rings (SSSR count). The van der Waals surface area contributed by atoms with Crippen LogP contribution in [0.15, 0.2) is 12.2 Å². The smallest absolute Gasteiger partial charge is 0.314 e. The summed E-state index contributed by atoms with van der Waals surface area (Å²) in [6.45, 7) is 16.7. The number of hydrogen-bond donors (Lipinski definition) is 6. The van der Waals surface area contributed by atoms with Gasteiger partial charge in [0.2, 0.25) is 6.29 Å². The molecule has 0 aromatic carbocycles. The van der Waals surface area contributed by atoms with Gasteiger partial charge in [0, 0.05) is 0 Å². The van der Waals surface area contributed by atoms with Crippen molar-refractivity contribution in [2.24, 2.45) is 62.6 Å². The van der Waals surface area contributed by atoms with E-state index in [1.807, 2.05) is 20.8 Å². The number of fused-ring (bicyclic) bond motifs is 7. The summed E-state index contributed by atoms with van der Waals surface area (Å²) in [5, 5.41) is 63.0. The third-order valence-electron chi connectivity index (χ3n) is 15.6. The van der Waals surface area contributed by atoms with Crippen LogP contribution in [0, 0.1) is 62.6 Å². The van der Waals surface area contributed by atoms with Gasteiger partial charge in [0.25, 0.3) is 0 Å². The third-order valence-corrected chi connectivity index (χ3v) is 15.6. The molecular formula is C36H56O10. The number of carbonyl (C=O) groups is 2. The van der Waals surface area contributed by atoms with Crippen LogP contribution in [0.25, 0.3) is 0 Å². The van der Waals surface area contributed by atoms with Crippen LogP contribution in [0.2, 0.25) is 0 Å². The number of aliphatic hydroxyl groups is 5. The Morgan fingerprint density at radius 1 is 0.848 bits per heavy atom. The Hall–Kier alpha value is -1.56. The van der Waals surface area contributed by atoms with Gasteiger partial charge in [-0.25, -0.2) is 0 Å². The standard InChI is InChI=1S/C36H56O10/c1-17(2)18-10-13-36(31(44)46-30-27(40)26(39)25(38)20(16-37)45-30)15-14-33(5)19(23(18)36)8-9-22-34(33,6)12-11-21-32(3,4)28(41)24(29(42)43)35(21,22)7/h18-28,30,37-41H,1,8-16H2,2-7H3,(H,42,43)/t18-,19+,20+,21-,22-,23+,24+,25+,26-,27+,28-,30-,33+,34+,35-,36-/m0/s1. The Balaban J connectivity index is 1.36. The van der Waals surface area contributed by atoms with Crippen molar-refractivity contribution in [2.45, 2.75) is 130 Å². The van der Waals surface area contributed by atoms with Crippen LogP contribution >= 0.6 is 0 Å². The Labute approximate surface area is 272 Å². The number of carboxylic acids is 1. The van der Waals surface area contributed by atoms with Crippen molar-refractivity contribution >= 4 is 11.9 Å². The highest BCUT2D eigenvalue weighted by Gasteiger charge is 2.76. The first-order valence-corrected chi connectivity index (χ1v) is 17.4. The number of ether oxygens (including phenoxy) is 2. The van der Waals surface area contributed by atoms with E-state index in [-0.39, 0.29) is 40.4 Å². The molecule has 6 N–H and O–H groups in total. The molecule has 6 aliphatic rings. The van der Waals surface area contributed by atoms with Gasteiger partial charge in [-0.15, -0.1) is 0 Å². The van der Waals surface area contributed by atoms with Crippen molar-refractivity contribution in [3.05, 3.63) is 12.2 Å². The fraction of sp³-hybridized carbons (Fsp3) is 0.889. The van der Waals surface area contributed by atoms with Crippen LogP contribution < -0.4 is 0 Å². The SMILES string of the molecule is C=C(C)[C@@H]1CC[C@]2(C(=O)O[C@@H]3O[C@H](CO)[C@@H](O)[C@H](O)[C@H]3O)CC[C@]3(C)[C@H](CC[C@@H]4[C@@]5(C)[C@@H](C(=O)O)[C@H](O)C(C)(C)[C@@H]5CC[C@]43C)[C@@H]12. The number of aliphatic hydroxyl groups excluding tert-OH is 5. The Morgan fingerprint density at radius 3 is 2.13 bits per heavy atom. The molecule has 16 atom stereocenters. The number of hydrogen-bond acceptors (Lipinski definition) is 9. The zero-order chi connectivity index (χ0) is 33.9. The minimum absolute atomic E-state index is 0.0784. The molecule has 1 saturated heterocycles. The van der Waals surface area contributed by atoms with E-state index in [1.54, 1.807) is 0 Å². The molecule has 1 aliphatic heterocycles. The predicted molar refractivity (Wildman–Crippen MR) is 167 cm³/mol. The lowest BCUT2D eigenvalue weighted by Crippen LogP contribution is -2.66. The zero-order valence-corrected chi connectivity index (χ0v) is 28.3. The summed E-state index contributed by atoms with van der Waals surface area (Å²) in [6.07, 6.45) is -2.38. The summed E-state index contributed by atoms with van der Waals surface area (Å²) in [6, 6.07) is 0. The summed E-state index contributed by atoms with van der Waals surface area (Å²) in [4.78, 5) is 27.2. The molecule has 10 heteroatoms. The quantitative estimate of drug-likeness (QED) is 0.192. The van der Waals surface area contributed by atoms with Gasteiger partial charge in [-0.2, -0.15) is 0 Å². The number of esters is 1. The number of rotatable bonds is 5. The number of allylic oxidation sites excluding steroid dienone is 1. The molecule has 0 aromatic rings. The van der Waals surface area contributed by atoms with Crippen molar-refractivity contribution in [3.8, 4) is 0 Å². The van der Waals surface area contributed by atoms with E-state index in [0.29, 0.717) is 12.8 Å². The van der Waals surface area contributed by atoms with Crippen LogP contribution in [-0.4, -0.2) is 86.0 Å². The molecule has 5 saturated carbocycles. The van der Waals surface area contributed by atoms with Crippen molar-refractivity contribution in [2.75, 3.05) is 6.61 Å². The van der Waals surface area contributed by atoms with Crippen molar-refractivity contribution in [3.63, 3.8) is 0 Å². The molecule has 6 fully saturated rings. The maximum atomic E-state index is 14.4. The van der Waals surface area contributed by atoms with Gasteiger partial charge in [-0.05, 0) is 110 Å². The van der Waals surface area contributed by atoms with E-state index in [4.69, 9.17) is 9.47 Å². The molecule has 0 bridgehead atoms. The Morgan fingerprint density at radius 2 is 1.52 bits per heavy atom. The first kappa shape index (κ1) is 34.3. The predicted octanol–water partition coefficient (Wildman–Crippen LogP) is 3.27. The average molecular weight is 649 g/mol. The lowest BCUT2D eigenvalue weighted by atomic mass is 9.34. The van der Waals surface area contributed by atoms with Crippen LogP contribution in [0.5, 0.6) is 0 Å². The lowest BCUT2D eigenvalue weighted by Gasteiger charge is -2.70. The normalized spacial score (nSPS) is 54.2. The van der Waals surface area contributed by atoms with Gasteiger partial charge in [0.1, 0.15) is 24.4 Å². The summed E-state index contributed by atoms with van der Waals surface area (Å²) < 4.78 is 11.5. The van der Waals surface area contributed by atoms with E-state index in [9.17, 15) is 40.2 Å². The fourth-order valence-electron chi connectivity index (χ4n) is 13.2. The fourth-order valence-corrected chi connectivity index (χ4v) is 13.2. The van der Waals surface area contributed by atoms with E-state index in [1.165, 1.54) is 0 Å². The lowest BCUT2D eigenvalue weighted by molar-refractivity contribution is -0.298. The summed E-state index contributed by atoms with van der Waals surface area (Å²) in [5.74, 6) is -1.93. The van der Waals surface area contributed by atoms with Gasteiger partial charge >= 0.3 is 11.9 Å². The van der Waals surface area contributed by atoms with Crippen molar-refractivity contribution in [1.29, 1.82) is 0 Å². The second-order valence-corrected chi connectivity index (χ2v) is 17.4. The van der Waals surface area contributed by atoms with E-state index in [0.717, 1.165) is 44.1 Å². The molecule has 0 unspecified atom stereocenters. The first-order valence-electron chi connectivity index (χ1n) is 17.4. The summed E-state index contributed by atoms with van der Waals surface area (Å²) in [7, 11) is 0. The average Bonchev–Trinajstić information content (AvgIpc) is 3.45. The van der Waals surface area contributed by atoms with Crippen LogP contribution in [0.1, 0.15) is 92.9 Å². The Bertz CT molecular complexity index is 1270. The largest absolute Gasteiger partial charge is 0.481 e. The maximum absolute atomic E-state index is 14.4. The second kappa shape index (κ2) is 11.0. The van der Waals surface area contributed by atoms with Crippen molar-refractivity contribution in [1.82, 2.24) is 0 Å². The number of carboxylic acid groups (broad SMARTS) is 1. The molecule has 260 valence electrons. The highest BCUT2D eigenvalue weighted by atomic mass is 16.7. The van der Waals surface area contributed by atoms with E-state index >= 15 is 0 Å². The monoisotopic (exact) mass is 648 g/mol. The van der Waals surface area contributed by atoms with Crippen LogP contribution in [0.3, 0.4) is 0 Å². The molecule has 10 nitrogen and oxygen atoms in total. The molecule has 1 heterocycles. The first-order chi connectivity index (χ1) is 21.3. The van der Waals surface area contributed by atoms with Crippen LogP contribution in [0.4, 0.5) is 0 Å². The summed E-state index contributed by atoms with van der Waals surface area (Å²) in [5.41, 5.74) is -1.35. The van der Waals surface area contributed by atoms with E-state index in [2.05, 4.69) is 27.4 Å². The topological polar surface area (TPSA) is 174 Å². The van der Waals surface area contributed by atoms with Gasteiger partial charge in [0.05, 0.1) is 24.0 Å². The van der Waals surface area contributed by atoms with E-state index < -0.39 is 77.5 Å². The van der Waals surface area contributed by atoms with Crippen molar-refractivity contribution < 1.29 is 49.7 Å². The highest BCUT2D eigenvalue weighted by Crippen LogP contribution is 2.79. The molecule has 0 amide bonds. The number of aliphatic carboxylic acids is 1. The van der Waals surface area contributed by atoms with Gasteiger partial charge < -0.3 is 40.1 Å². The zero-order valence-electron chi connectivity index (χ0n) is 28.3. The highest BCUT2D eigenvalue weighted by molar-refractivity contribution is 5.78. The maximum Gasteiger partial charge on any atom is 0.314 e. The molecule has 0 aromatic heterocycles.